The van der Waals surface area contributed by atoms with Crippen LogP contribution in [0.15, 0.2) is 0 Å². The predicted octanol–water partition coefficient (Wildman–Crippen LogP) is 3.94. The molecule has 0 aromatic heterocycles. The lowest BCUT2D eigenvalue weighted by atomic mass is 9.73. The van der Waals surface area contributed by atoms with Gasteiger partial charge < -0.3 is 4.90 Å². The zero-order valence-corrected chi connectivity index (χ0v) is 12.8. The van der Waals surface area contributed by atoms with Crippen LogP contribution >= 0.6 is 0 Å². The third-order valence-corrected chi connectivity index (χ3v) is 5.00. The molecule has 3 heteroatoms. The van der Waals surface area contributed by atoms with Crippen molar-refractivity contribution in [3.63, 3.8) is 0 Å². The van der Waals surface area contributed by atoms with Crippen LogP contribution in [0.2, 0.25) is 0 Å². The van der Waals surface area contributed by atoms with E-state index in [-0.39, 0.29) is 5.91 Å². The molecule has 2 fully saturated rings. The highest BCUT2D eigenvalue weighted by Crippen LogP contribution is 2.45. The number of amides is 1. The third-order valence-electron chi connectivity index (χ3n) is 5.00. The molecular weight excluding hydrogens is 241 g/mol. The van der Waals surface area contributed by atoms with Gasteiger partial charge in [0.15, 0.2) is 0 Å². The molecule has 0 N–H and O–H groups in total. The summed E-state index contributed by atoms with van der Waals surface area (Å²) in [6.07, 6.45) is 4.45. The van der Waals surface area contributed by atoms with Crippen molar-refractivity contribution in [2.45, 2.75) is 84.5 Å². The van der Waals surface area contributed by atoms with Crippen molar-refractivity contribution in [3.8, 4) is 0 Å². The molecule has 2 nitrogen and oxygen atoms in total. The van der Waals surface area contributed by atoms with Gasteiger partial charge >= 0.3 is 0 Å². The van der Waals surface area contributed by atoms with Crippen LogP contribution < -0.4 is 0 Å². The number of piperidine rings is 1. The van der Waals surface area contributed by atoms with Gasteiger partial charge in [0, 0.05) is 18.5 Å². The molecule has 0 radical (unpaired) electrons. The normalized spacial score (nSPS) is 32.5. The first-order chi connectivity index (χ1) is 8.79. The average Bonchev–Trinajstić information content (AvgIpc) is 2.55. The number of hydrogen-bond acceptors (Lipinski definition) is 1. The molecule has 0 saturated carbocycles. The van der Waals surface area contributed by atoms with Gasteiger partial charge in [0.2, 0.25) is 5.91 Å². The number of nitrogens with zero attached hydrogens (tertiary/aromatic N) is 1. The van der Waals surface area contributed by atoms with E-state index in [0.717, 1.165) is 25.7 Å². The number of fused-ring (bicyclic) bond motifs is 2. The molecule has 2 bridgehead atoms. The molecule has 2 saturated heterocycles. The SMILES string of the molecule is CC(F)CCC(=O)N1C2CCC1CC(C(C)(C)C)C2. The Morgan fingerprint density at radius 2 is 1.79 bits per heavy atom. The molecule has 3 atom stereocenters. The van der Waals surface area contributed by atoms with E-state index < -0.39 is 6.17 Å². The van der Waals surface area contributed by atoms with Crippen LogP contribution in [0.25, 0.3) is 0 Å². The van der Waals surface area contributed by atoms with Crippen molar-refractivity contribution < 1.29 is 9.18 Å². The quantitative estimate of drug-likeness (QED) is 0.760. The van der Waals surface area contributed by atoms with E-state index >= 15 is 0 Å². The Morgan fingerprint density at radius 1 is 1.26 bits per heavy atom. The number of carbonyl (C=O) groups excluding carboxylic acids is 1. The minimum atomic E-state index is -0.867. The first kappa shape index (κ1) is 14.8. The molecule has 1 amide bonds. The number of hydrogen-bond donors (Lipinski definition) is 0. The molecule has 2 aliphatic heterocycles. The van der Waals surface area contributed by atoms with E-state index in [4.69, 9.17) is 0 Å². The smallest absolute Gasteiger partial charge is 0.223 e. The summed E-state index contributed by atoms with van der Waals surface area (Å²) in [5.41, 5.74) is 0.337. The molecule has 3 unspecified atom stereocenters. The van der Waals surface area contributed by atoms with Crippen molar-refractivity contribution >= 4 is 5.91 Å². The largest absolute Gasteiger partial charge is 0.337 e. The van der Waals surface area contributed by atoms with Gasteiger partial charge in [-0.3, -0.25) is 4.79 Å². The van der Waals surface area contributed by atoms with Crippen molar-refractivity contribution in [3.05, 3.63) is 0 Å². The summed E-state index contributed by atoms with van der Waals surface area (Å²) in [7, 11) is 0. The summed E-state index contributed by atoms with van der Waals surface area (Å²) in [6.45, 7) is 8.45. The molecular formula is C16H28FNO. The predicted molar refractivity (Wildman–Crippen MR) is 75.6 cm³/mol. The van der Waals surface area contributed by atoms with Crippen LogP contribution in [0.1, 0.15) is 66.2 Å². The van der Waals surface area contributed by atoms with Crippen LogP contribution in [0, 0.1) is 11.3 Å². The Hall–Kier alpha value is -0.600. The summed E-state index contributed by atoms with van der Waals surface area (Å²) >= 11 is 0. The van der Waals surface area contributed by atoms with E-state index in [2.05, 4.69) is 25.7 Å². The summed E-state index contributed by atoms with van der Waals surface area (Å²) in [5.74, 6) is 0.901. The number of alkyl halides is 1. The molecule has 0 spiro atoms. The van der Waals surface area contributed by atoms with Gasteiger partial charge in [-0.05, 0) is 50.4 Å². The topological polar surface area (TPSA) is 20.3 Å². The van der Waals surface area contributed by atoms with Gasteiger partial charge in [0.25, 0.3) is 0 Å². The molecule has 2 rings (SSSR count). The number of carbonyl (C=O) groups is 1. The Morgan fingerprint density at radius 3 is 2.21 bits per heavy atom. The third kappa shape index (κ3) is 3.29. The Bertz CT molecular complexity index is 320. The van der Waals surface area contributed by atoms with Crippen LogP contribution in [0.3, 0.4) is 0 Å². The second kappa shape index (κ2) is 5.41. The maximum atomic E-state index is 12.9. The highest BCUT2D eigenvalue weighted by atomic mass is 19.1. The van der Waals surface area contributed by atoms with Gasteiger partial charge in [0.05, 0.1) is 6.17 Å². The minimum Gasteiger partial charge on any atom is -0.337 e. The van der Waals surface area contributed by atoms with Crippen molar-refractivity contribution in [2.24, 2.45) is 11.3 Å². The minimum absolute atomic E-state index is 0.185. The molecule has 110 valence electrons. The van der Waals surface area contributed by atoms with Gasteiger partial charge in [-0.1, -0.05) is 20.8 Å². The molecule has 0 aromatic rings. The van der Waals surface area contributed by atoms with Gasteiger partial charge in [-0.15, -0.1) is 0 Å². The van der Waals surface area contributed by atoms with Crippen LogP contribution in [0.4, 0.5) is 4.39 Å². The molecule has 0 aromatic carbocycles. The lowest BCUT2D eigenvalue weighted by Crippen LogP contribution is -2.48. The van der Waals surface area contributed by atoms with E-state index in [1.165, 1.54) is 6.92 Å². The molecule has 2 heterocycles. The summed E-state index contributed by atoms with van der Waals surface area (Å²) in [5, 5.41) is 0. The standard InChI is InChI=1S/C16H28FNO/c1-11(17)5-8-15(19)18-13-6-7-14(18)10-12(9-13)16(2,3)4/h11-14H,5-10H2,1-4H3. The second-order valence-electron chi connectivity index (χ2n) is 7.54. The Labute approximate surface area is 116 Å². The van der Waals surface area contributed by atoms with Crippen LogP contribution in [-0.2, 0) is 4.79 Å². The van der Waals surface area contributed by atoms with E-state index in [1.807, 2.05) is 0 Å². The van der Waals surface area contributed by atoms with Gasteiger partial charge in [-0.2, -0.15) is 0 Å². The number of halogens is 1. The van der Waals surface area contributed by atoms with Crippen LogP contribution in [-0.4, -0.2) is 29.1 Å². The Balaban J connectivity index is 1.97. The van der Waals surface area contributed by atoms with Crippen molar-refractivity contribution in [2.75, 3.05) is 0 Å². The summed E-state index contributed by atoms with van der Waals surface area (Å²) < 4.78 is 12.9. The zero-order valence-electron chi connectivity index (χ0n) is 12.8. The highest BCUT2D eigenvalue weighted by molar-refractivity contribution is 5.77. The van der Waals surface area contributed by atoms with Crippen molar-refractivity contribution in [1.29, 1.82) is 0 Å². The maximum Gasteiger partial charge on any atom is 0.223 e. The first-order valence-corrected chi connectivity index (χ1v) is 7.74. The van der Waals surface area contributed by atoms with E-state index in [1.54, 1.807) is 0 Å². The van der Waals surface area contributed by atoms with E-state index in [9.17, 15) is 9.18 Å². The summed E-state index contributed by atoms with van der Waals surface area (Å²) in [6, 6.07) is 0.843. The fraction of sp³-hybridized carbons (Fsp3) is 0.938. The fourth-order valence-corrected chi connectivity index (χ4v) is 3.74. The Kier molecular flexibility index (Phi) is 4.22. The summed E-state index contributed by atoms with van der Waals surface area (Å²) in [4.78, 5) is 14.4. The molecule has 2 aliphatic rings. The fourth-order valence-electron chi connectivity index (χ4n) is 3.74. The lowest BCUT2D eigenvalue weighted by Gasteiger charge is -2.44. The van der Waals surface area contributed by atoms with Crippen molar-refractivity contribution in [1.82, 2.24) is 4.90 Å². The molecule has 0 aliphatic carbocycles. The second-order valence-corrected chi connectivity index (χ2v) is 7.54. The number of rotatable bonds is 3. The first-order valence-electron chi connectivity index (χ1n) is 7.74. The monoisotopic (exact) mass is 269 g/mol. The maximum absolute atomic E-state index is 12.9. The lowest BCUT2D eigenvalue weighted by molar-refractivity contribution is -0.137. The molecule has 19 heavy (non-hydrogen) atoms. The zero-order chi connectivity index (χ0) is 14.2. The van der Waals surface area contributed by atoms with Gasteiger partial charge in [0.1, 0.15) is 0 Å². The average molecular weight is 269 g/mol. The van der Waals surface area contributed by atoms with Gasteiger partial charge in [-0.25, -0.2) is 4.39 Å². The van der Waals surface area contributed by atoms with E-state index in [0.29, 0.717) is 36.3 Å². The highest BCUT2D eigenvalue weighted by Gasteiger charge is 2.45. The van der Waals surface area contributed by atoms with Crippen LogP contribution in [0.5, 0.6) is 0 Å².